The van der Waals surface area contributed by atoms with Crippen molar-refractivity contribution < 1.29 is 0 Å². The Morgan fingerprint density at radius 3 is 1.86 bits per heavy atom. The predicted molar refractivity (Wildman–Crippen MR) is 135 cm³/mol. The summed E-state index contributed by atoms with van der Waals surface area (Å²) in [6.45, 7) is 6.53. The van der Waals surface area contributed by atoms with Gasteiger partial charge in [-0.25, -0.2) is 0 Å². The fourth-order valence-corrected chi connectivity index (χ4v) is 5.84. The summed E-state index contributed by atoms with van der Waals surface area (Å²) in [6, 6.07) is 19.0. The van der Waals surface area contributed by atoms with E-state index in [0.717, 1.165) is 50.7 Å². The number of rotatable bonds is 0. The molecule has 29 heavy (non-hydrogen) atoms. The molecule has 1 aromatic heterocycles. The SMILES string of the molecule is CC(C)(C)c1ccc2sc3cc4cc5c(Br)ccc(Br)c5cc4cc3c(=O)c2c1. The van der Waals surface area contributed by atoms with E-state index in [1.807, 2.05) is 6.07 Å². The highest BCUT2D eigenvalue weighted by atomic mass is 79.9. The summed E-state index contributed by atoms with van der Waals surface area (Å²) in [4.78, 5) is 13.4. The molecule has 144 valence electrons. The van der Waals surface area contributed by atoms with Crippen LogP contribution in [-0.2, 0) is 5.41 Å². The van der Waals surface area contributed by atoms with Crippen LogP contribution < -0.4 is 5.43 Å². The maximum Gasteiger partial charge on any atom is 0.195 e. The molecule has 0 bridgehead atoms. The minimum absolute atomic E-state index is 0.0161. The van der Waals surface area contributed by atoms with E-state index in [1.165, 1.54) is 5.56 Å². The Morgan fingerprint density at radius 1 is 0.690 bits per heavy atom. The van der Waals surface area contributed by atoms with Crippen molar-refractivity contribution in [1.29, 1.82) is 0 Å². The second-order valence-corrected chi connectivity index (χ2v) is 11.3. The van der Waals surface area contributed by atoms with Crippen LogP contribution >= 0.6 is 43.2 Å². The lowest BCUT2D eigenvalue weighted by Gasteiger charge is -2.19. The number of hydrogen-bond acceptors (Lipinski definition) is 2. The molecule has 4 aromatic carbocycles. The standard InChI is InChI=1S/C25H18Br2OS/c1-25(2,3)15-4-7-22-19(12-15)24(28)18-10-13-8-16-17(21(27)6-5-20(16)26)9-14(13)11-23(18)29-22/h4-12H,1-3H3. The molecule has 0 aliphatic carbocycles. The van der Waals surface area contributed by atoms with Gasteiger partial charge in [0.1, 0.15) is 0 Å². The van der Waals surface area contributed by atoms with E-state index in [4.69, 9.17) is 0 Å². The van der Waals surface area contributed by atoms with Crippen LogP contribution in [0.15, 0.2) is 68.3 Å². The van der Waals surface area contributed by atoms with Gasteiger partial charge in [-0.1, -0.05) is 58.7 Å². The van der Waals surface area contributed by atoms with Gasteiger partial charge in [-0.15, -0.1) is 11.3 Å². The molecular formula is C25H18Br2OS. The van der Waals surface area contributed by atoms with Crippen LogP contribution in [0.1, 0.15) is 26.3 Å². The Kier molecular flexibility index (Phi) is 4.39. The quantitative estimate of drug-likeness (QED) is 0.185. The average molecular weight is 526 g/mol. The van der Waals surface area contributed by atoms with Crippen molar-refractivity contribution in [1.82, 2.24) is 0 Å². The van der Waals surface area contributed by atoms with E-state index < -0.39 is 0 Å². The van der Waals surface area contributed by atoms with Crippen molar-refractivity contribution in [3.05, 3.63) is 79.3 Å². The van der Waals surface area contributed by atoms with Crippen LogP contribution in [0.4, 0.5) is 0 Å². The lowest BCUT2D eigenvalue weighted by molar-refractivity contribution is 0.591. The van der Waals surface area contributed by atoms with Crippen molar-refractivity contribution in [2.45, 2.75) is 26.2 Å². The second-order valence-electron chi connectivity index (χ2n) is 8.51. The number of hydrogen-bond donors (Lipinski definition) is 0. The molecule has 0 N–H and O–H groups in total. The molecule has 4 heteroatoms. The van der Waals surface area contributed by atoms with E-state index >= 15 is 0 Å². The summed E-state index contributed by atoms with van der Waals surface area (Å²) in [5, 5.41) is 6.14. The molecule has 0 aliphatic rings. The number of fused-ring (bicyclic) bond motifs is 4. The summed E-state index contributed by atoms with van der Waals surface area (Å²) >= 11 is 9.02. The molecule has 5 rings (SSSR count). The summed E-state index contributed by atoms with van der Waals surface area (Å²) in [6.07, 6.45) is 0. The van der Waals surface area contributed by atoms with Gasteiger partial charge in [-0.2, -0.15) is 0 Å². The van der Waals surface area contributed by atoms with Gasteiger partial charge in [-0.05, 0) is 81.1 Å². The first-order valence-corrected chi connectivity index (χ1v) is 11.9. The summed E-state index contributed by atoms with van der Waals surface area (Å²) in [7, 11) is 0. The van der Waals surface area contributed by atoms with E-state index in [2.05, 4.69) is 101 Å². The van der Waals surface area contributed by atoms with Crippen LogP contribution in [0.2, 0.25) is 0 Å². The van der Waals surface area contributed by atoms with Crippen LogP contribution in [0.25, 0.3) is 41.7 Å². The molecule has 0 radical (unpaired) electrons. The first kappa shape index (κ1) is 19.2. The molecule has 0 spiro atoms. The van der Waals surface area contributed by atoms with Gasteiger partial charge in [0.15, 0.2) is 5.43 Å². The molecule has 5 aromatic rings. The Labute approximate surface area is 189 Å². The van der Waals surface area contributed by atoms with Gasteiger partial charge in [-0.3, -0.25) is 4.79 Å². The Hall–Kier alpha value is -1.75. The smallest absolute Gasteiger partial charge is 0.195 e. The average Bonchev–Trinajstić information content (AvgIpc) is 2.68. The normalized spacial score (nSPS) is 12.4. The van der Waals surface area contributed by atoms with Gasteiger partial charge >= 0.3 is 0 Å². The largest absolute Gasteiger partial charge is 0.289 e. The lowest BCUT2D eigenvalue weighted by Crippen LogP contribution is -2.12. The minimum atomic E-state index is 0.0161. The monoisotopic (exact) mass is 524 g/mol. The third-order valence-corrected chi connectivity index (χ3v) is 8.04. The first-order chi connectivity index (χ1) is 13.7. The summed E-state index contributed by atoms with van der Waals surface area (Å²) in [5.41, 5.74) is 1.33. The number of benzene rings is 4. The zero-order valence-electron chi connectivity index (χ0n) is 16.3. The zero-order valence-corrected chi connectivity index (χ0v) is 20.3. The lowest BCUT2D eigenvalue weighted by atomic mass is 9.86. The Balaban J connectivity index is 1.89. The molecule has 0 fully saturated rings. The maximum atomic E-state index is 13.4. The molecule has 0 unspecified atom stereocenters. The second kappa shape index (κ2) is 6.63. The van der Waals surface area contributed by atoms with Gasteiger partial charge in [0.2, 0.25) is 0 Å². The third-order valence-electron chi connectivity index (χ3n) is 5.52. The minimum Gasteiger partial charge on any atom is -0.289 e. The van der Waals surface area contributed by atoms with Crippen LogP contribution in [0, 0.1) is 0 Å². The zero-order chi connectivity index (χ0) is 20.5. The van der Waals surface area contributed by atoms with Crippen molar-refractivity contribution >= 4 is 84.9 Å². The molecule has 1 heterocycles. The molecule has 1 nitrogen and oxygen atoms in total. The highest BCUT2D eigenvalue weighted by molar-refractivity contribution is 9.11. The maximum absolute atomic E-state index is 13.4. The molecule has 0 saturated heterocycles. The van der Waals surface area contributed by atoms with Crippen LogP contribution in [-0.4, -0.2) is 0 Å². The molecule has 0 atom stereocenters. The Bertz CT molecular complexity index is 1520. The summed E-state index contributed by atoms with van der Waals surface area (Å²) in [5.74, 6) is 0. The fraction of sp³-hybridized carbons (Fsp3) is 0.160. The molecule has 0 amide bonds. The van der Waals surface area contributed by atoms with Crippen LogP contribution in [0.5, 0.6) is 0 Å². The van der Waals surface area contributed by atoms with Crippen molar-refractivity contribution in [2.75, 3.05) is 0 Å². The van der Waals surface area contributed by atoms with E-state index in [0.29, 0.717) is 0 Å². The van der Waals surface area contributed by atoms with Crippen LogP contribution in [0.3, 0.4) is 0 Å². The predicted octanol–water partition coefficient (Wildman–Crippen LogP) is 8.54. The topological polar surface area (TPSA) is 17.1 Å². The van der Waals surface area contributed by atoms with Crippen molar-refractivity contribution in [3.63, 3.8) is 0 Å². The van der Waals surface area contributed by atoms with Gasteiger partial charge in [0, 0.05) is 29.1 Å². The highest BCUT2D eigenvalue weighted by Crippen LogP contribution is 2.36. The molecule has 0 aliphatic heterocycles. The fourth-order valence-electron chi connectivity index (χ4n) is 3.84. The van der Waals surface area contributed by atoms with Gasteiger partial charge in [0.25, 0.3) is 0 Å². The van der Waals surface area contributed by atoms with E-state index in [9.17, 15) is 4.79 Å². The Morgan fingerprint density at radius 2 is 1.24 bits per heavy atom. The molecular weight excluding hydrogens is 508 g/mol. The van der Waals surface area contributed by atoms with Crippen molar-refractivity contribution in [3.8, 4) is 0 Å². The first-order valence-electron chi connectivity index (χ1n) is 9.45. The number of halogens is 2. The summed E-state index contributed by atoms with van der Waals surface area (Å²) < 4.78 is 4.19. The van der Waals surface area contributed by atoms with Gasteiger partial charge in [0.05, 0.1) is 0 Å². The van der Waals surface area contributed by atoms with E-state index in [1.54, 1.807) is 11.3 Å². The van der Waals surface area contributed by atoms with Crippen molar-refractivity contribution in [2.24, 2.45) is 0 Å². The van der Waals surface area contributed by atoms with E-state index in [-0.39, 0.29) is 10.8 Å². The molecule has 0 saturated carbocycles. The third kappa shape index (κ3) is 3.13. The highest BCUT2D eigenvalue weighted by Gasteiger charge is 2.16. The van der Waals surface area contributed by atoms with Gasteiger partial charge < -0.3 is 0 Å².